The van der Waals surface area contributed by atoms with Crippen molar-refractivity contribution in [2.75, 3.05) is 5.32 Å². The van der Waals surface area contributed by atoms with Gasteiger partial charge < -0.3 is 5.32 Å². The summed E-state index contributed by atoms with van der Waals surface area (Å²) in [5.41, 5.74) is -0.376. The number of hydrogen-bond donors (Lipinski definition) is 2. The van der Waals surface area contributed by atoms with Gasteiger partial charge in [0.05, 0.1) is 0 Å². The summed E-state index contributed by atoms with van der Waals surface area (Å²) in [6, 6.07) is 2.45. The Kier molecular flexibility index (Phi) is 6.02. The number of primary sulfonamides is 1. The Bertz CT molecular complexity index is 1160. The number of amides is 1. The molecule has 2 fully saturated rings. The van der Waals surface area contributed by atoms with Crippen molar-refractivity contribution in [3.05, 3.63) is 35.3 Å². The van der Waals surface area contributed by atoms with Gasteiger partial charge in [-0.1, -0.05) is 0 Å². The molecule has 0 aliphatic heterocycles. The Morgan fingerprint density at radius 1 is 1.27 bits per heavy atom. The lowest BCUT2D eigenvalue weighted by molar-refractivity contribution is 0.0113. The van der Waals surface area contributed by atoms with Crippen LogP contribution in [0.1, 0.15) is 54.4 Å². The molecule has 2 saturated carbocycles. The second-order valence-corrected chi connectivity index (χ2v) is 10.7. The summed E-state index contributed by atoms with van der Waals surface area (Å²) in [6.45, 7) is 2.39. The van der Waals surface area contributed by atoms with Crippen LogP contribution in [-0.4, -0.2) is 35.3 Å². The first-order valence-corrected chi connectivity index (χ1v) is 12.3. The topological polar surface area (TPSA) is 120 Å². The van der Waals surface area contributed by atoms with Gasteiger partial charge in [-0.05, 0) is 56.4 Å². The highest BCUT2D eigenvalue weighted by Gasteiger charge is 2.42. The number of anilines is 1. The van der Waals surface area contributed by atoms with E-state index in [4.69, 9.17) is 5.14 Å². The molecule has 0 saturated heterocycles. The van der Waals surface area contributed by atoms with Crippen LogP contribution >= 0.6 is 0 Å². The number of nitrogens with zero attached hydrogens (tertiary/aromatic N) is 3. The molecule has 0 radical (unpaired) electrons. The zero-order chi connectivity index (χ0) is 24.1. The van der Waals surface area contributed by atoms with E-state index in [9.17, 15) is 26.4 Å². The van der Waals surface area contributed by atoms with Crippen LogP contribution in [0.2, 0.25) is 0 Å². The number of rotatable bonds is 6. The van der Waals surface area contributed by atoms with Gasteiger partial charge in [-0.15, -0.1) is 0 Å². The average Bonchev–Trinajstić information content (AvgIpc) is 3.31. The maximum absolute atomic E-state index is 14.2. The highest BCUT2D eigenvalue weighted by molar-refractivity contribution is 7.89. The van der Waals surface area contributed by atoms with Gasteiger partial charge in [0.15, 0.2) is 5.03 Å². The number of alkyl halides is 3. The second kappa shape index (κ2) is 8.39. The van der Waals surface area contributed by atoms with E-state index >= 15 is 0 Å². The highest BCUT2D eigenvalue weighted by Crippen LogP contribution is 2.48. The SMILES string of the molecule is Cc1c(C(C)(F)F)nn(CC2CC3CC(F)CC3C2)c1C(=O)Nc1ccnc(S(N)(=O)=O)c1. The molecule has 2 aliphatic rings. The second-order valence-electron chi connectivity index (χ2n) is 9.20. The van der Waals surface area contributed by atoms with Crippen LogP contribution in [0, 0.1) is 24.7 Å². The summed E-state index contributed by atoms with van der Waals surface area (Å²) < 4.78 is 66.4. The summed E-state index contributed by atoms with van der Waals surface area (Å²) in [6.07, 6.45) is 2.98. The summed E-state index contributed by atoms with van der Waals surface area (Å²) >= 11 is 0. The van der Waals surface area contributed by atoms with Crippen LogP contribution in [0.4, 0.5) is 18.9 Å². The minimum Gasteiger partial charge on any atom is -0.321 e. The molecule has 4 rings (SSSR count). The maximum atomic E-state index is 14.2. The zero-order valence-corrected chi connectivity index (χ0v) is 19.1. The molecule has 2 aromatic rings. The fourth-order valence-electron chi connectivity index (χ4n) is 5.28. The minimum atomic E-state index is -4.09. The Morgan fingerprint density at radius 3 is 2.48 bits per heavy atom. The fraction of sp³-hybridized carbons (Fsp3) is 0.571. The van der Waals surface area contributed by atoms with Crippen molar-refractivity contribution in [1.29, 1.82) is 0 Å². The predicted molar refractivity (Wildman–Crippen MR) is 114 cm³/mol. The first kappa shape index (κ1) is 23.7. The van der Waals surface area contributed by atoms with E-state index in [2.05, 4.69) is 15.4 Å². The summed E-state index contributed by atoms with van der Waals surface area (Å²) in [5.74, 6) is -3.30. The largest absolute Gasteiger partial charge is 0.321 e. The van der Waals surface area contributed by atoms with Crippen molar-refractivity contribution >= 4 is 21.6 Å². The Labute approximate surface area is 189 Å². The number of carbonyl (C=O) groups excluding carboxylic acids is 1. The van der Waals surface area contributed by atoms with Gasteiger partial charge in [-0.3, -0.25) is 9.48 Å². The minimum absolute atomic E-state index is 0.0269. The zero-order valence-electron chi connectivity index (χ0n) is 18.3. The third kappa shape index (κ3) is 4.91. The van der Waals surface area contributed by atoms with Crippen molar-refractivity contribution in [2.24, 2.45) is 22.9 Å². The number of aromatic nitrogens is 3. The van der Waals surface area contributed by atoms with E-state index < -0.39 is 38.7 Å². The lowest BCUT2D eigenvalue weighted by atomic mass is 10.0. The van der Waals surface area contributed by atoms with Crippen molar-refractivity contribution in [3.8, 4) is 0 Å². The summed E-state index contributed by atoms with van der Waals surface area (Å²) in [5, 5.41) is 11.3. The Balaban J connectivity index is 1.61. The lowest BCUT2D eigenvalue weighted by Gasteiger charge is -2.15. The Hall–Kier alpha value is -2.47. The van der Waals surface area contributed by atoms with E-state index in [1.54, 1.807) is 0 Å². The molecule has 180 valence electrons. The number of sulfonamides is 1. The lowest BCUT2D eigenvalue weighted by Crippen LogP contribution is -2.22. The van der Waals surface area contributed by atoms with Crippen molar-refractivity contribution in [3.63, 3.8) is 0 Å². The molecule has 2 atom stereocenters. The van der Waals surface area contributed by atoms with Crippen LogP contribution in [0.3, 0.4) is 0 Å². The number of pyridine rings is 1. The molecule has 0 aromatic carbocycles. The third-order valence-corrected chi connectivity index (χ3v) is 7.40. The van der Waals surface area contributed by atoms with Crippen LogP contribution in [-0.2, 0) is 22.5 Å². The number of nitrogens with two attached hydrogens (primary N) is 1. The third-order valence-electron chi connectivity index (χ3n) is 6.59. The van der Waals surface area contributed by atoms with Crippen molar-refractivity contribution in [2.45, 2.75) is 63.2 Å². The van der Waals surface area contributed by atoms with E-state index in [0.717, 1.165) is 25.8 Å². The maximum Gasteiger partial charge on any atom is 0.289 e. The molecule has 2 heterocycles. The first-order chi connectivity index (χ1) is 15.3. The monoisotopic (exact) mass is 485 g/mol. The molecule has 33 heavy (non-hydrogen) atoms. The molecule has 3 N–H and O–H groups in total. The average molecular weight is 486 g/mol. The van der Waals surface area contributed by atoms with Gasteiger partial charge in [0.25, 0.3) is 21.9 Å². The first-order valence-electron chi connectivity index (χ1n) is 10.7. The number of hydrogen-bond acceptors (Lipinski definition) is 5. The highest BCUT2D eigenvalue weighted by atomic mass is 32.2. The molecule has 8 nitrogen and oxygen atoms in total. The van der Waals surface area contributed by atoms with Gasteiger partial charge in [0, 0.05) is 37.0 Å². The quantitative estimate of drug-likeness (QED) is 0.650. The standard InChI is InChI=1S/C21H26F3N5O3S/c1-11-18(20(30)27-16-3-4-26-17(9-16)33(25,31)32)29(28-19(11)21(2,23)24)10-12-5-13-7-15(22)8-14(13)6-12/h3-4,9,12-15H,5-8,10H2,1-2H3,(H2,25,31,32)(H,26,27,30). The van der Waals surface area contributed by atoms with Gasteiger partial charge in [0.2, 0.25) is 0 Å². The summed E-state index contributed by atoms with van der Waals surface area (Å²) in [4.78, 5) is 16.8. The number of carbonyl (C=O) groups is 1. The molecule has 1 amide bonds. The van der Waals surface area contributed by atoms with Gasteiger partial charge in [0.1, 0.15) is 17.6 Å². The normalized spacial score (nSPS) is 25.3. The molecule has 2 aliphatic carbocycles. The van der Waals surface area contributed by atoms with Crippen LogP contribution < -0.4 is 10.5 Å². The number of fused-ring (bicyclic) bond motifs is 1. The fourth-order valence-corrected chi connectivity index (χ4v) is 5.78. The van der Waals surface area contributed by atoms with E-state index in [1.165, 1.54) is 23.9 Å². The number of halogens is 3. The number of nitrogens with one attached hydrogen (secondary N) is 1. The van der Waals surface area contributed by atoms with E-state index in [-0.39, 0.29) is 41.2 Å². The van der Waals surface area contributed by atoms with Gasteiger partial charge in [-0.25, -0.2) is 22.9 Å². The Morgan fingerprint density at radius 2 is 1.91 bits per heavy atom. The van der Waals surface area contributed by atoms with Crippen molar-refractivity contribution in [1.82, 2.24) is 14.8 Å². The van der Waals surface area contributed by atoms with Gasteiger partial charge in [-0.2, -0.15) is 13.9 Å². The van der Waals surface area contributed by atoms with Crippen LogP contribution in [0.15, 0.2) is 23.4 Å². The van der Waals surface area contributed by atoms with Crippen LogP contribution in [0.25, 0.3) is 0 Å². The molecule has 12 heteroatoms. The molecule has 0 spiro atoms. The van der Waals surface area contributed by atoms with E-state index in [0.29, 0.717) is 12.8 Å². The molecule has 0 bridgehead atoms. The smallest absolute Gasteiger partial charge is 0.289 e. The van der Waals surface area contributed by atoms with Crippen molar-refractivity contribution < 1.29 is 26.4 Å². The molecular weight excluding hydrogens is 459 g/mol. The molecule has 2 aromatic heterocycles. The van der Waals surface area contributed by atoms with E-state index in [1.807, 2.05) is 0 Å². The summed E-state index contributed by atoms with van der Waals surface area (Å²) in [7, 11) is -4.09. The van der Waals surface area contributed by atoms with Gasteiger partial charge >= 0.3 is 0 Å². The molecular formula is C21H26F3N5O3S. The predicted octanol–water partition coefficient (Wildman–Crippen LogP) is 3.37. The van der Waals surface area contributed by atoms with Crippen LogP contribution in [0.5, 0.6) is 0 Å². The molecule has 2 unspecified atom stereocenters.